The summed E-state index contributed by atoms with van der Waals surface area (Å²) in [6.45, 7) is 14.9. The molecule has 0 spiro atoms. The van der Waals surface area contributed by atoms with Crippen LogP contribution in [0, 0.1) is 0 Å². The van der Waals surface area contributed by atoms with E-state index >= 15 is 0 Å². The van der Waals surface area contributed by atoms with Crippen LogP contribution in [0.5, 0.6) is 5.75 Å². The minimum Gasteiger partial charge on any atom is -0.490 e. The largest absolute Gasteiger partial charge is 0.490 e. The van der Waals surface area contributed by atoms with Gasteiger partial charge in [-0.15, -0.1) is 23.1 Å². The molecule has 0 unspecified atom stereocenters. The number of rotatable bonds is 5. The van der Waals surface area contributed by atoms with Crippen LogP contribution < -0.4 is 4.74 Å². The minimum atomic E-state index is 0.253. The summed E-state index contributed by atoms with van der Waals surface area (Å²) in [7, 11) is 0. The van der Waals surface area contributed by atoms with Gasteiger partial charge in [0, 0.05) is 21.5 Å². The van der Waals surface area contributed by atoms with Gasteiger partial charge in [-0.2, -0.15) is 0 Å². The lowest BCUT2D eigenvalue weighted by Gasteiger charge is -2.27. The van der Waals surface area contributed by atoms with Crippen LogP contribution in [0.1, 0.15) is 70.6 Å². The highest BCUT2D eigenvalue weighted by Crippen LogP contribution is 2.54. The van der Waals surface area contributed by atoms with Crippen molar-refractivity contribution in [1.82, 2.24) is 0 Å². The van der Waals surface area contributed by atoms with Gasteiger partial charge in [-0.25, -0.2) is 0 Å². The molecule has 3 heteroatoms. The summed E-state index contributed by atoms with van der Waals surface area (Å²) >= 11 is 4.02. The Morgan fingerprint density at radius 1 is 1.00 bits per heavy atom. The molecule has 0 fully saturated rings. The highest BCUT2D eigenvalue weighted by Gasteiger charge is 2.37. The van der Waals surface area contributed by atoms with Crippen molar-refractivity contribution in [3.8, 4) is 5.75 Å². The Morgan fingerprint density at radius 3 is 2.20 bits per heavy atom. The number of hydrogen-bond acceptors (Lipinski definition) is 3. The van der Waals surface area contributed by atoms with Crippen LogP contribution in [0.15, 0.2) is 4.90 Å². The molecular weight excluding hydrogens is 284 g/mol. The molecule has 0 amide bonds. The molecule has 0 radical (unpaired) electrons. The van der Waals surface area contributed by atoms with Crippen LogP contribution in [-0.2, 0) is 10.8 Å². The molecule has 0 aliphatic carbocycles. The first kappa shape index (κ1) is 16.2. The molecule has 1 aliphatic rings. The summed E-state index contributed by atoms with van der Waals surface area (Å²) < 4.78 is 6.11. The zero-order chi connectivity index (χ0) is 15.0. The smallest absolute Gasteiger partial charge is 0.147 e. The van der Waals surface area contributed by atoms with E-state index in [9.17, 15) is 0 Å². The lowest BCUT2D eigenvalue weighted by atomic mass is 9.82. The first-order valence-electron chi connectivity index (χ1n) is 7.83. The van der Waals surface area contributed by atoms with Gasteiger partial charge in [0.1, 0.15) is 5.75 Å². The highest BCUT2D eigenvalue weighted by molar-refractivity contribution is 7.99. The average Bonchev–Trinajstić information content (AvgIpc) is 2.87. The van der Waals surface area contributed by atoms with Gasteiger partial charge in [0.15, 0.2) is 0 Å². The molecule has 1 nitrogen and oxygen atoms in total. The van der Waals surface area contributed by atoms with Crippen molar-refractivity contribution >= 4 is 23.1 Å². The Morgan fingerprint density at radius 2 is 1.65 bits per heavy atom. The Balaban J connectivity index is 2.60. The van der Waals surface area contributed by atoms with Crippen molar-refractivity contribution < 1.29 is 4.74 Å². The summed E-state index contributed by atoms with van der Waals surface area (Å²) in [4.78, 5) is 4.47. The minimum absolute atomic E-state index is 0.253. The second-order valence-corrected chi connectivity index (χ2v) is 8.75. The van der Waals surface area contributed by atoms with Crippen LogP contribution in [-0.4, -0.2) is 12.4 Å². The van der Waals surface area contributed by atoms with E-state index in [1.54, 1.807) is 4.88 Å². The van der Waals surface area contributed by atoms with Crippen LogP contribution in [0.2, 0.25) is 0 Å². The van der Waals surface area contributed by atoms with E-state index in [1.807, 2.05) is 23.1 Å². The molecular formula is C17H28OS2. The van der Waals surface area contributed by atoms with E-state index in [0.29, 0.717) is 0 Å². The lowest BCUT2D eigenvalue weighted by molar-refractivity contribution is 0.314. The fraction of sp³-hybridized carbons (Fsp3) is 0.765. The lowest BCUT2D eigenvalue weighted by Crippen LogP contribution is -2.20. The van der Waals surface area contributed by atoms with E-state index in [0.717, 1.165) is 12.4 Å². The molecule has 1 aromatic heterocycles. The molecule has 0 bridgehead atoms. The standard InChI is InChI=1S/C17H28OS2/c1-7-16(4,5)15-13-12(18-10-11-19-13)14(20-15)17(6,8-2)9-3/h7-11H2,1-6H3. The average molecular weight is 313 g/mol. The number of thiophene rings is 1. The molecule has 0 atom stereocenters. The molecule has 114 valence electrons. The van der Waals surface area contributed by atoms with E-state index in [1.165, 1.54) is 34.8 Å². The van der Waals surface area contributed by atoms with Crippen LogP contribution >= 0.6 is 23.1 Å². The second kappa shape index (κ2) is 5.92. The molecule has 0 aromatic carbocycles. The Labute approximate surface area is 132 Å². The number of fused-ring (bicyclic) bond motifs is 1. The molecule has 1 aliphatic heterocycles. The molecule has 2 rings (SSSR count). The molecule has 20 heavy (non-hydrogen) atoms. The fourth-order valence-corrected chi connectivity index (χ4v) is 5.56. The summed E-state index contributed by atoms with van der Waals surface area (Å²) in [6, 6.07) is 0. The van der Waals surface area contributed by atoms with E-state index < -0.39 is 0 Å². The van der Waals surface area contributed by atoms with E-state index in [-0.39, 0.29) is 10.8 Å². The van der Waals surface area contributed by atoms with Gasteiger partial charge >= 0.3 is 0 Å². The van der Waals surface area contributed by atoms with Crippen molar-refractivity contribution in [3.63, 3.8) is 0 Å². The number of thioether (sulfide) groups is 1. The Bertz CT molecular complexity index is 470. The summed E-state index contributed by atoms with van der Waals surface area (Å²) in [5.74, 6) is 2.30. The highest BCUT2D eigenvalue weighted by atomic mass is 32.2. The van der Waals surface area contributed by atoms with Gasteiger partial charge in [-0.1, -0.05) is 41.5 Å². The predicted octanol–water partition coefficient (Wildman–Crippen LogP) is 6.00. The topological polar surface area (TPSA) is 9.23 Å². The second-order valence-electron chi connectivity index (χ2n) is 6.62. The first-order valence-corrected chi connectivity index (χ1v) is 9.63. The molecule has 1 aromatic rings. The third kappa shape index (κ3) is 2.64. The maximum absolute atomic E-state index is 6.11. The summed E-state index contributed by atoms with van der Waals surface area (Å²) in [6.07, 6.45) is 3.53. The third-order valence-corrected chi connectivity index (χ3v) is 8.03. The maximum Gasteiger partial charge on any atom is 0.147 e. The van der Waals surface area contributed by atoms with E-state index in [4.69, 9.17) is 4.74 Å². The van der Waals surface area contributed by atoms with Gasteiger partial charge in [-0.3, -0.25) is 0 Å². The molecule has 0 N–H and O–H groups in total. The Hall–Kier alpha value is -0.150. The molecule has 0 saturated heterocycles. The fourth-order valence-electron chi connectivity index (χ4n) is 2.53. The van der Waals surface area contributed by atoms with Crippen molar-refractivity contribution in [3.05, 3.63) is 9.75 Å². The molecule has 2 heterocycles. The zero-order valence-electron chi connectivity index (χ0n) is 13.8. The van der Waals surface area contributed by atoms with Crippen LogP contribution in [0.25, 0.3) is 0 Å². The number of ether oxygens (including phenoxy) is 1. The maximum atomic E-state index is 6.11. The third-order valence-electron chi connectivity index (χ3n) is 5.01. The molecule has 0 saturated carbocycles. The van der Waals surface area contributed by atoms with Crippen molar-refractivity contribution in [2.24, 2.45) is 0 Å². The SMILES string of the molecule is CCC(C)(C)c1sc(C(C)(CC)CC)c2c1SCCO2. The number of hydrogen-bond donors (Lipinski definition) is 0. The predicted molar refractivity (Wildman–Crippen MR) is 91.8 cm³/mol. The van der Waals surface area contributed by atoms with Gasteiger partial charge < -0.3 is 4.74 Å². The first-order chi connectivity index (χ1) is 9.39. The van der Waals surface area contributed by atoms with Gasteiger partial charge in [0.2, 0.25) is 0 Å². The summed E-state index contributed by atoms with van der Waals surface area (Å²) in [5.41, 5.74) is 0.512. The zero-order valence-corrected chi connectivity index (χ0v) is 15.4. The quantitative estimate of drug-likeness (QED) is 0.659. The van der Waals surface area contributed by atoms with Gasteiger partial charge in [0.25, 0.3) is 0 Å². The summed E-state index contributed by atoms with van der Waals surface area (Å²) in [5, 5.41) is 0. The van der Waals surface area contributed by atoms with Gasteiger partial charge in [-0.05, 0) is 19.3 Å². The van der Waals surface area contributed by atoms with Crippen molar-refractivity contribution in [2.75, 3.05) is 12.4 Å². The van der Waals surface area contributed by atoms with E-state index in [2.05, 4.69) is 41.5 Å². The van der Waals surface area contributed by atoms with Crippen LogP contribution in [0.4, 0.5) is 0 Å². The normalized spacial score (nSPS) is 15.9. The van der Waals surface area contributed by atoms with Crippen molar-refractivity contribution in [1.29, 1.82) is 0 Å². The Kier molecular flexibility index (Phi) is 4.80. The van der Waals surface area contributed by atoms with Crippen LogP contribution in [0.3, 0.4) is 0 Å². The van der Waals surface area contributed by atoms with Crippen molar-refractivity contribution in [2.45, 2.75) is 76.5 Å². The monoisotopic (exact) mass is 312 g/mol. The van der Waals surface area contributed by atoms with Gasteiger partial charge in [0.05, 0.1) is 16.4 Å².